The van der Waals surface area contributed by atoms with Crippen molar-refractivity contribution in [2.24, 2.45) is 0 Å². The van der Waals surface area contributed by atoms with Crippen molar-refractivity contribution in [3.8, 4) is 0 Å². The minimum atomic E-state index is -0.360. The molecule has 2 aromatic carbocycles. The quantitative estimate of drug-likeness (QED) is 0.920. The molecule has 1 aliphatic rings. The van der Waals surface area contributed by atoms with Crippen LogP contribution in [-0.4, -0.2) is 12.7 Å². The smallest absolute Gasteiger partial charge is 0.407 e. The highest BCUT2D eigenvalue weighted by molar-refractivity contribution is 7.99. The largest absolute Gasteiger partial charge is 0.447 e. The van der Waals surface area contributed by atoms with Crippen molar-refractivity contribution in [2.75, 3.05) is 6.61 Å². The molecular weight excluding hydrogens is 294 g/mol. The number of halogens is 1. The van der Waals surface area contributed by atoms with Crippen molar-refractivity contribution in [3.05, 3.63) is 59.1 Å². The fourth-order valence-corrected chi connectivity index (χ4v) is 3.17. The molecule has 5 heteroatoms. The lowest BCUT2D eigenvalue weighted by Crippen LogP contribution is -2.18. The Morgan fingerprint density at radius 1 is 1.15 bits per heavy atom. The number of hydrogen-bond donors (Lipinski definition) is 1. The van der Waals surface area contributed by atoms with E-state index in [2.05, 4.69) is 5.32 Å². The summed E-state index contributed by atoms with van der Waals surface area (Å²) in [5.74, 6) is 0. The third kappa shape index (κ3) is 2.92. The maximum absolute atomic E-state index is 11.2. The molecule has 0 unspecified atom stereocenters. The monoisotopic (exact) mass is 305 g/mol. The fraction of sp³-hybridized carbons (Fsp3) is 0.133. The van der Waals surface area contributed by atoms with Crippen LogP contribution in [-0.2, 0) is 4.74 Å². The Kier molecular flexibility index (Phi) is 3.85. The molecule has 20 heavy (non-hydrogen) atoms. The van der Waals surface area contributed by atoms with Gasteiger partial charge in [-0.25, -0.2) is 4.79 Å². The van der Waals surface area contributed by atoms with Gasteiger partial charge in [-0.1, -0.05) is 41.6 Å². The van der Waals surface area contributed by atoms with Crippen molar-refractivity contribution in [3.63, 3.8) is 0 Å². The zero-order chi connectivity index (χ0) is 13.9. The number of hydrogen-bond acceptors (Lipinski definition) is 3. The Labute approximate surface area is 126 Å². The van der Waals surface area contributed by atoms with E-state index >= 15 is 0 Å². The third-order valence-corrected chi connectivity index (χ3v) is 4.36. The molecule has 0 saturated carbocycles. The van der Waals surface area contributed by atoms with Gasteiger partial charge in [-0.3, -0.25) is 0 Å². The number of amides is 1. The van der Waals surface area contributed by atoms with Crippen LogP contribution in [0.2, 0.25) is 5.02 Å². The summed E-state index contributed by atoms with van der Waals surface area (Å²) >= 11 is 7.54. The number of nitrogens with one attached hydrogen (secondary N) is 1. The van der Waals surface area contributed by atoms with Gasteiger partial charge in [0.25, 0.3) is 0 Å². The summed E-state index contributed by atoms with van der Waals surface area (Å²) in [6.45, 7) is 0.372. The molecule has 1 atom stereocenters. The molecule has 0 spiro atoms. The number of benzene rings is 2. The average molecular weight is 306 g/mol. The average Bonchev–Trinajstić information content (AvgIpc) is 2.88. The normalized spacial score (nSPS) is 17.6. The summed E-state index contributed by atoms with van der Waals surface area (Å²) in [5.41, 5.74) is 1.07. The second kappa shape index (κ2) is 5.77. The molecule has 1 aliphatic heterocycles. The molecule has 1 fully saturated rings. The van der Waals surface area contributed by atoms with E-state index in [0.29, 0.717) is 6.61 Å². The first-order valence-electron chi connectivity index (χ1n) is 6.18. The predicted molar refractivity (Wildman–Crippen MR) is 79.2 cm³/mol. The SMILES string of the molecule is O=C1N[C@@H](c2ccccc2Sc2ccc(Cl)cc2)CO1. The highest BCUT2D eigenvalue weighted by Gasteiger charge is 2.25. The number of ether oxygens (including phenoxy) is 1. The lowest BCUT2D eigenvalue weighted by Gasteiger charge is -2.13. The summed E-state index contributed by atoms with van der Waals surface area (Å²) < 4.78 is 4.96. The van der Waals surface area contributed by atoms with Crippen LogP contribution in [0.15, 0.2) is 58.3 Å². The molecule has 3 rings (SSSR count). The van der Waals surface area contributed by atoms with Gasteiger partial charge in [0.1, 0.15) is 6.61 Å². The van der Waals surface area contributed by atoms with E-state index in [1.165, 1.54) is 0 Å². The van der Waals surface area contributed by atoms with Gasteiger partial charge in [0.2, 0.25) is 0 Å². The zero-order valence-corrected chi connectivity index (χ0v) is 12.1. The van der Waals surface area contributed by atoms with Crippen LogP contribution < -0.4 is 5.32 Å². The summed E-state index contributed by atoms with van der Waals surface area (Å²) in [5, 5.41) is 3.53. The van der Waals surface area contributed by atoms with Crippen LogP contribution in [0.25, 0.3) is 0 Å². The molecule has 3 nitrogen and oxygen atoms in total. The van der Waals surface area contributed by atoms with Crippen LogP contribution in [0.3, 0.4) is 0 Å². The highest BCUT2D eigenvalue weighted by atomic mass is 35.5. The van der Waals surface area contributed by atoms with Crippen molar-refractivity contribution in [2.45, 2.75) is 15.8 Å². The fourth-order valence-electron chi connectivity index (χ4n) is 2.04. The van der Waals surface area contributed by atoms with Gasteiger partial charge < -0.3 is 10.1 Å². The summed E-state index contributed by atoms with van der Waals surface area (Å²) in [6.07, 6.45) is -0.360. The molecule has 2 aromatic rings. The second-order valence-corrected chi connectivity index (χ2v) is 5.94. The minimum Gasteiger partial charge on any atom is -0.447 e. The molecular formula is C15H12ClNO2S. The first-order chi connectivity index (χ1) is 9.72. The van der Waals surface area contributed by atoms with Crippen LogP contribution in [0.4, 0.5) is 4.79 Å². The lowest BCUT2D eigenvalue weighted by molar-refractivity contribution is 0.177. The first kappa shape index (κ1) is 13.3. The Balaban J connectivity index is 1.86. The van der Waals surface area contributed by atoms with Gasteiger partial charge >= 0.3 is 6.09 Å². The molecule has 1 amide bonds. The molecule has 0 radical (unpaired) electrons. The van der Waals surface area contributed by atoms with Crippen LogP contribution in [0, 0.1) is 0 Å². The Morgan fingerprint density at radius 2 is 1.90 bits per heavy atom. The Bertz CT molecular complexity index is 630. The first-order valence-corrected chi connectivity index (χ1v) is 7.37. The summed E-state index contributed by atoms with van der Waals surface area (Å²) in [6, 6.07) is 15.6. The van der Waals surface area contributed by atoms with E-state index in [-0.39, 0.29) is 12.1 Å². The molecule has 102 valence electrons. The van der Waals surface area contributed by atoms with Gasteiger partial charge in [0, 0.05) is 14.8 Å². The zero-order valence-electron chi connectivity index (χ0n) is 10.5. The summed E-state index contributed by atoms with van der Waals surface area (Å²) in [4.78, 5) is 13.4. The van der Waals surface area contributed by atoms with Crippen molar-refractivity contribution < 1.29 is 9.53 Å². The minimum absolute atomic E-state index is 0.0847. The third-order valence-electron chi connectivity index (χ3n) is 3.01. The van der Waals surface area contributed by atoms with Crippen LogP contribution in [0.5, 0.6) is 0 Å². The maximum atomic E-state index is 11.2. The molecule has 1 saturated heterocycles. The van der Waals surface area contributed by atoms with Gasteiger partial charge in [0.15, 0.2) is 0 Å². The molecule has 0 bridgehead atoms. The maximum Gasteiger partial charge on any atom is 0.407 e. The van der Waals surface area contributed by atoms with Crippen LogP contribution >= 0.6 is 23.4 Å². The molecule has 1 heterocycles. The second-order valence-electron chi connectivity index (χ2n) is 4.39. The Hall–Kier alpha value is -1.65. The molecule has 1 N–H and O–H groups in total. The van der Waals surface area contributed by atoms with E-state index in [0.717, 1.165) is 20.4 Å². The van der Waals surface area contributed by atoms with E-state index in [1.807, 2.05) is 48.5 Å². The number of carbonyl (C=O) groups is 1. The van der Waals surface area contributed by atoms with Crippen molar-refractivity contribution in [1.29, 1.82) is 0 Å². The number of rotatable bonds is 3. The van der Waals surface area contributed by atoms with E-state index in [4.69, 9.17) is 16.3 Å². The molecule has 0 aliphatic carbocycles. The number of cyclic esters (lactones) is 1. The van der Waals surface area contributed by atoms with Crippen LogP contribution in [0.1, 0.15) is 11.6 Å². The lowest BCUT2D eigenvalue weighted by atomic mass is 10.1. The van der Waals surface area contributed by atoms with Gasteiger partial charge in [-0.15, -0.1) is 0 Å². The predicted octanol–water partition coefficient (Wildman–Crippen LogP) is 4.27. The van der Waals surface area contributed by atoms with Crippen molar-refractivity contribution >= 4 is 29.5 Å². The van der Waals surface area contributed by atoms with E-state index < -0.39 is 0 Å². The topological polar surface area (TPSA) is 38.3 Å². The molecule has 0 aromatic heterocycles. The number of alkyl carbamates (subject to hydrolysis) is 1. The van der Waals surface area contributed by atoms with Gasteiger partial charge in [-0.2, -0.15) is 0 Å². The van der Waals surface area contributed by atoms with Gasteiger partial charge in [0.05, 0.1) is 6.04 Å². The van der Waals surface area contributed by atoms with Gasteiger partial charge in [-0.05, 0) is 35.9 Å². The summed E-state index contributed by atoms with van der Waals surface area (Å²) in [7, 11) is 0. The van der Waals surface area contributed by atoms with E-state index in [9.17, 15) is 4.79 Å². The standard InChI is InChI=1S/C15H12ClNO2S/c16-10-5-7-11(8-6-10)20-14-4-2-1-3-12(14)13-9-19-15(18)17-13/h1-8,13H,9H2,(H,17,18)/t13-/m1/s1. The van der Waals surface area contributed by atoms with E-state index in [1.54, 1.807) is 11.8 Å². The van der Waals surface area contributed by atoms with Crippen molar-refractivity contribution in [1.82, 2.24) is 5.32 Å². The number of carbonyl (C=O) groups excluding carboxylic acids is 1. The highest BCUT2D eigenvalue weighted by Crippen LogP contribution is 2.34. The Morgan fingerprint density at radius 3 is 2.60 bits per heavy atom.